The number of alkyl halides is 2. The first-order valence-corrected chi connectivity index (χ1v) is 11.4. The van der Waals surface area contributed by atoms with Crippen LogP contribution in [0.3, 0.4) is 0 Å². The Kier molecular flexibility index (Phi) is 6.22. The molecule has 11 heteroatoms. The van der Waals surface area contributed by atoms with Crippen LogP contribution in [0.4, 0.5) is 20.4 Å². The Balaban J connectivity index is 1.71. The highest BCUT2D eigenvalue weighted by molar-refractivity contribution is 5.84. The number of ether oxygens (including phenoxy) is 3. The van der Waals surface area contributed by atoms with E-state index in [1.807, 2.05) is 13.0 Å². The molecule has 2 aliphatic rings. The van der Waals surface area contributed by atoms with Gasteiger partial charge >= 0.3 is 0 Å². The maximum Gasteiger partial charge on any atom is 0.296 e. The quantitative estimate of drug-likeness (QED) is 0.558. The van der Waals surface area contributed by atoms with Crippen LogP contribution in [-0.4, -0.2) is 78.2 Å². The number of rotatable bonds is 5. The summed E-state index contributed by atoms with van der Waals surface area (Å²) in [5, 5.41) is 0. The van der Waals surface area contributed by atoms with Gasteiger partial charge in [0.25, 0.3) is 6.43 Å². The second-order valence-electron chi connectivity index (χ2n) is 8.43. The lowest BCUT2D eigenvalue weighted by molar-refractivity contribution is 0.0281. The predicted octanol–water partition coefficient (Wildman–Crippen LogP) is 3.21. The van der Waals surface area contributed by atoms with Gasteiger partial charge < -0.3 is 24.0 Å². The molecular formula is C23H28F2N6O3. The molecule has 5 rings (SSSR count). The van der Waals surface area contributed by atoms with Gasteiger partial charge in [-0.1, -0.05) is 6.07 Å². The van der Waals surface area contributed by atoms with Crippen LogP contribution in [0.15, 0.2) is 24.3 Å². The van der Waals surface area contributed by atoms with Gasteiger partial charge in [0.15, 0.2) is 5.82 Å². The number of anilines is 2. The van der Waals surface area contributed by atoms with Crippen molar-refractivity contribution in [1.82, 2.24) is 19.5 Å². The van der Waals surface area contributed by atoms with Gasteiger partial charge in [0.2, 0.25) is 5.95 Å². The number of halogens is 2. The SMILES string of the molecule is COc1cccc2c1nc(C(F)F)n2-c1nc(N2CCOCC2)cc(N2CCOC(C)C2C)n1. The number of imidazole rings is 1. The number of nitrogens with zero attached hydrogens (tertiary/aromatic N) is 6. The number of benzene rings is 1. The molecule has 9 nitrogen and oxygen atoms in total. The van der Waals surface area contributed by atoms with E-state index in [9.17, 15) is 8.78 Å². The summed E-state index contributed by atoms with van der Waals surface area (Å²) in [7, 11) is 1.49. The van der Waals surface area contributed by atoms with Gasteiger partial charge in [0.05, 0.1) is 44.6 Å². The number of morpholine rings is 2. The van der Waals surface area contributed by atoms with Crippen LogP contribution in [0, 0.1) is 0 Å². The van der Waals surface area contributed by atoms with Crippen LogP contribution in [0.1, 0.15) is 26.1 Å². The van der Waals surface area contributed by atoms with E-state index in [2.05, 4.69) is 21.7 Å². The Labute approximate surface area is 196 Å². The van der Waals surface area contributed by atoms with Crippen LogP contribution < -0.4 is 14.5 Å². The number of hydrogen-bond donors (Lipinski definition) is 0. The molecule has 0 amide bonds. The molecule has 0 aliphatic carbocycles. The third kappa shape index (κ3) is 4.03. The molecule has 1 aromatic carbocycles. The molecule has 0 N–H and O–H groups in total. The van der Waals surface area contributed by atoms with E-state index in [4.69, 9.17) is 24.2 Å². The van der Waals surface area contributed by atoms with Crippen molar-refractivity contribution in [2.75, 3.05) is 56.4 Å². The van der Waals surface area contributed by atoms with Crippen LogP contribution in [0.2, 0.25) is 0 Å². The van der Waals surface area contributed by atoms with Crippen molar-refractivity contribution >= 4 is 22.7 Å². The minimum Gasteiger partial charge on any atom is -0.494 e. The first-order valence-electron chi connectivity index (χ1n) is 11.4. The van der Waals surface area contributed by atoms with E-state index in [-0.39, 0.29) is 18.1 Å². The van der Waals surface area contributed by atoms with E-state index in [0.29, 0.717) is 67.9 Å². The Morgan fingerprint density at radius 2 is 1.79 bits per heavy atom. The fourth-order valence-corrected chi connectivity index (χ4v) is 4.48. The first kappa shape index (κ1) is 22.7. The van der Waals surface area contributed by atoms with Gasteiger partial charge in [-0.2, -0.15) is 9.97 Å². The molecule has 3 aromatic rings. The molecule has 2 aliphatic heterocycles. The van der Waals surface area contributed by atoms with E-state index in [1.165, 1.54) is 11.7 Å². The molecule has 0 saturated carbocycles. The number of fused-ring (bicyclic) bond motifs is 1. The summed E-state index contributed by atoms with van der Waals surface area (Å²) in [5.41, 5.74) is 0.804. The highest BCUT2D eigenvalue weighted by atomic mass is 19.3. The molecule has 34 heavy (non-hydrogen) atoms. The monoisotopic (exact) mass is 474 g/mol. The minimum atomic E-state index is -2.82. The highest BCUT2D eigenvalue weighted by Crippen LogP contribution is 2.33. The highest BCUT2D eigenvalue weighted by Gasteiger charge is 2.30. The summed E-state index contributed by atoms with van der Waals surface area (Å²) in [6, 6.07) is 7.14. The van der Waals surface area contributed by atoms with Crippen molar-refractivity contribution in [3.8, 4) is 11.7 Å². The van der Waals surface area contributed by atoms with E-state index >= 15 is 0 Å². The zero-order valence-corrected chi connectivity index (χ0v) is 19.4. The Morgan fingerprint density at radius 3 is 2.53 bits per heavy atom. The maximum absolute atomic E-state index is 14.2. The van der Waals surface area contributed by atoms with Crippen LogP contribution in [0.5, 0.6) is 5.75 Å². The fourth-order valence-electron chi connectivity index (χ4n) is 4.48. The molecule has 4 heterocycles. The lowest BCUT2D eigenvalue weighted by Crippen LogP contribution is -2.49. The zero-order valence-electron chi connectivity index (χ0n) is 19.4. The van der Waals surface area contributed by atoms with Crippen molar-refractivity contribution < 1.29 is 23.0 Å². The fraction of sp³-hybridized carbons (Fsp3) is 0.522. The summed E-state index contributed by atoms with van der Waals surface area (Å²) in [5.74, 6) is 1.47. The van der Waals surface area contributed by atoms with E-state index < -0.39 is 12.2 Å². The normalized spacial score (nSPS) is 21.5. The molecule has 0 radical (unpaired) electrons. The lowest BCUT2D eigenvalue weighted by atomic mass is 10.1. The Hall–Kier alpha value is -3.05. The van der Waals surface area contributed by atoms with Crippen molar-refractivity contribution in [2.45, 2.75) is 32.4 Å². The van der Waals surface area contributed by atoms with Crippen molar-refractivity contribution in [3.05, 3.63) is 30.1 Å². The van der Waals surface area contributed by atoms with Gasteiger partial charge in [-0.25, -0.2) is 13.8 Å². The summed E-state index contributed by atoms with van der Waals surface area (Å²) in [4.78, 5) is 18.0. The average molecular weight is 475 g/mol. The molecule has 0 spiro atoms. The molecule has 2 atom stereocenters. The second-order valence-corrected chi connectivity index (χ2v) is 8.43. The third-order valence-electron chi connectivity index (χ3n) is 6.49. The molecular weight excluding hydrogens is 446 g/mol. The van der Waals surface area contributed by atoms with Gasteiger partial charge in [-0.05, 0) is 26.0 Å². The van der Waals surface area contributed by atoms with E-state index in [1.54, 1.807) is 18.2 Å². The Bertz CT molecular complexity index is 1170. The van der Waals surface area contributed by atoms with Crippen LogP contribution in [0.25, 0.3) is 17.0 Å². The van der Waals surface area contributed by atoms with Crippen molar-refractivity contribution in [1.29, 1.82) is 0 Å². The van der Waals surface area contributed by atoms with Crippen LogP contribution in [-0.2, 0) is 9.47 Å². The standard InChI is InChI=1S/C23H28F2N6O3/c1-14-15(2)34-12-9-30(14)19-13-18(29-7-10-33-11-8-29)26-23(27-19)31-16-5-4-6-17(32-3)20(16)28-22(31)21(24)25/h4-6,13-15,21H,7-12H2,1-3H3. The molecule has 2 aromatic heterocycles. The maximum atomic E-state index is 14.2. The average Bonchev–Trinajstić information content (AvgIpc) is 3.26. The minimum absolute atomic E-state index is 0.00830. The van der Waals surface area contributed by atoms with Crippen LogP contribution >= 0.6 is 0 Å². The van der Waals surface area contributed by atoms with Gasteiger partial charge in [0, 0.05) is 25.7 Å². The van der Waals surface area contributed by atoms with Gasteiger partial charge in [0.1, 0.15) is 22.9 Å². The number of para-hydroxylation sites is 1. The summed E-state index contributed by atoms with van der Waals surface area (Å²) >= 11 is 0. The number of hydrogen-bond acceptors (Lipinski definition) is 8. The van der Waals surface area contributed by atoms with E-state index in [0.717, 1.165) is 0 Å². The summed E-state index contributed by atoms with van der Waals surface area (Å²) < 4.78 is 46.3. The number of methoxy groups -OCH3 is 1. The number of aromatic nitrogens is 4. The Morgan fingerprint density at radius 1 is 1.03 bits per heavy atom. The molecule has 2 fully saturated rings. The second kappa shape index (κ2) is 9.30. The first-order chi connectivity index (χ1) is 16.5. The molecule has 2 unspecified atom stereocenters. The third-order valence-corrected chi connectivity index (χ3v) is 6.49. The molecule has 2 saturated heterocycles. The zero-order chi connectivity index (χ0) is 23.8. The predicted molar refractivity (Wildman–Crippen MR) is 123 cm³/mol. The van der Waals surface area contributed by atoms with Crippen molar-refractivity contribution in [2.24, 2.45) is 0 Å². The molecule has 182 valence electrons. The summed E-state index contributed by atoms with van der Waals surface area (Å²) in [6.45, 7) is 7.76. The molecule has 0 bridgehead atoms. The van der Waals surface area contributed by atoms with Crippen molar-refractivity contribution in [3.63, 3.8) is 0 Å². The summed E-state index contributed by atoms with van der Waals surface area (Å²) in [6.07, 6.45) is -2.81. The topological polar surface area (TPSA) is 77.8 Å². The van der Waals surface area contributed by atoms with Gasteiger partial charge in [-0.15, -0.1) is 0 Å². The largest absolute Gasteiger partial charge is 0.494 e. The lowest BCUT2D eigenvalue weighted by Gasteiger charge is -2.39. The van der Waals surface area contributed by atoms with Gasteiger partial charge in [-0.3, -0.25) is 4.57 Å². The smallest absolute Gasteiger partial charge is 0.296 e.